The van der Waals surface area contributed by atoms with Gasteiger partial charge in [-0.25, -0.2) is 9.69 Å². The van der Waals surface area contributed by atoms with E-state index in [1.165, 1.54) is 21.1 Å². The molecule has 10 heteroatoms. The van der Waals surface area contributed by atoms with E-state index in [1.807, 2.05) is 24.3 Å². The number of aromatic nitrogens is 2. The molecule has 0 spiro atoms. The number of nitrogens with zero attached hydrogens (tertiary/aromatic N) is 4. The smallest absolute Gasteiger partial charge is 0.328 e. The second-order valence-corrected chi connectivity index (χ2v) is 9.19. The Kier molecular flexibility index (Phi) is 6.92. The molecule has 2 heterocycles. The van der Waals surface area contributed by atoms with Gasteiger partial charge in [-0.1, -0.05) is 30.7 Å². The maximum Gasteiger partial charge on any atom is 0.328 e. The first-order chi connectivity index (χ1) is 12.9. The zero-order chi connectivity index (χ0) is 19.6. The van der Waals surface area contributed by atoms with E-state index in [0.717, 1.165) is 25.7 Å². The molecule has 1 unspecified atom stereocenters. The molecule has 0 saturated carbocycles. The van der Waals surface area contributed by atoms with E-state index in [-0.39, 0.29) is 12.6 Å². The fourth-order valence-corrected chi connectivity index (χ4v) is 5.07. The molecular weight excluding hydrogens is 594 g/mol. The lowest BCUT2D eigenvalue weighted by molar-refractivity contribution is 0.183. The van der Waals surface area contributed by atoms with Crippen LogP contribution in [-0.2, 0) is 0 Å². The summed E-state index contributed by atoms with van der Waals surface area (Å²) in [5.74, 6) is 1.38. The number of carbonyl (C=O) groups excluding carboxylic acids is 1. The van der Waals surface area contributed by atoms with Crippen molar-refractivity contribution < 1.29 is 14.6 Å². The average Bonchev–Trinajstić information content (AvgIpc) is 3.19. The first-order valence-corrected chi connectivity index (χ1v) is 11.3. The Bertz CT molecular complexity index is 853. The molecule has 3 rings (SSSR count). The summed E-state index contributed by atoms with van der Waals surface area (Å²) in [7, 11) is 1.64. The first kappa shape index (κ1) is 20.7. The summed E-state index contributed by atoms with van der Waals surface area (Å²) in [5.41, 5.74) is 0. The number of rotatable bonds is 6. The molecule has 1 N–H and O–H groups in total. The Hall–Kier alpha value is -0.990. The topological polar surface area (TPSA) is 78.8 Å². The molecule has 0 bridgehead atoms. The summed E-state index contributed by atoms with van der Waals surface area (Å²) in [6.45, 7) is 2.33. The summed E-state index contributed by atoms with van der Waals surface area (Å²) in [6, 6.07) is 5.65. The lowest BCUT2D eigenvalue weighted by Crippen LogP contribution is -2.34. The van der Waals surface area contributed by atoms with Gasteiger partial charge in [-0.15, -0.1) is 10.2 Å². The predicted octanol–water partition coefficient (Wildman–Crippen LogP) is 4.16. The molecular formula is C17H18I2N4O3S. The Morgan fingerprint density at radius 2 is 2.11 bits per heavy atom. The van der Waals surface area contributed by atoms with Crippen molar-refractivity contribution >= 4 is 73.4 Å². The Balaban J connectivity index is 1.91. The Morgan fingerprint density at radius 1 is 1.41 bits per heavy atom. The van der Waals surface area contributed by atoms with Crippen molar-refractivity contribution in [2.75, 3.05) is 18.5 Å². The van der Waals surface area contributed by atoms with Gasteiger partial charge in [0, 0.05) is 7.05 Å². The van der Waals surface area contributed by atoms with Gasteiger partial charge in [0.05, 0.1) is 13.7 Å². The Morgan fingerprint density at radius 3 is 2.70 bits per heavy atom. The number of likely N-dealkylation sites (N-methyl/N-ethyl adjacent to an activating group) is 1. The summed E-state index contributed by atoms with van der Waals surface area (Å²) in [5, 5.41) is 19.4. The SMILES string of the molecule is CCCC=C(Oc1c(I)cccc1I)c1nnc(N2C(=O)N(C)CC2O)s1. The number of anilines is 1. The predicted molar refractivity (Wildman–Crippen MR) is 122 cm³/mol. The van der Waals surface area contributed by atoms with Crippen LogP contribution in [0.4, 0.5) is 9.93 Å². The van der Waals surface area contributed by atoms with E-state index in [2.05, 4.69) is 62.3 Å². The van der Waals surface area contributed by atoms with Gasteiger partial charge in [-0.2, -0.15) is 0 Å². The fourth-order valence-electron chi connectivity index (χ4n) is 2.48. The maximum absolute atomic E-state index is 12.2. The van der Waals surface area contributed by atoms with Crippen LogP contribution in [0.1, 0.15) is 24.8 Å². The van der Waals surface area contributed by atoms with E-state index in [0.29, 0.717) is 15.9 Å². The number of carbonyl (C=O) groups is 1. The van der Waals surface area contributed by atoms with Crippen molar-refractivity contribution in [1.29, 1.82) is 0 Å². The number of urea groups is 1. The number of β-amino-alcohol motifs (C(OH)–C–C–N with tert-alkyl or cyclic N) is 1. The number of aliphatic hydroxyl groups is 1. The van der Waals surface area contributed by atoms with Crippen LogP contribution >= 0.6 is 56.5 Å². The lowest BCUT2D eigenvalue weighted by atomic mass is 10.3. The van der Waals surface area contributed by atoms with Gasteiger partial charge in [0.25, 0.3) is 0 Å². The summed E-state index contributed by atoms with van der Waals surface area (Å²) in [4.78, 5) is 14.9. The highest BCUT2D eigenvalue weighted by Crippen LogP contribution is 2.34. The van der Waals surface area contributed by atoms with Gasteiger partial charge in [-0.05, 0) is 69.8 Å². The molecule has 1 saturated heterocycles. The highest BCUT2D eigenvalue weighted by atomic mass is 127. The van der Waals surface area contributed by atoms with Crippen LogP contribution in [0, 0.1) is 7.14 Å². The number of benzene rings is 1. The minimum atomic E-state index is -0.927. The molecule has 0 aliphatic carbocycles. The van der Waals surface area contributed by atoms with Crippen molar-refractivity contribution in [3.05, 3.63) is 36.4 Å². The maximum atomic E-state index is 12.2. The number of halogens is 2. The number of amides is 2. The third kappa shape index (κ3) is 4.54. The normalized spacial score (nSPS) is 17.7. The van der Waals surface area contributed by atoms with Crippen LogP contribution in [0.15, 0.2) is 24.3 Å². The molecule has 1 atom stereocenters. The van der Waals surface area contributed by atoms with Crippen molar-refractivity contribution in [2.45, 2.75) is 26.0 Å². The molecule has 1 aromatic carbocycles. The van der Waals surface area contributed by atoms with Gasteiger partial charge in [0.1, 0.15) is 0 Å². The van der Waals surface area contributed by atoms with Crippen LogP contribution in [0.5, 0.6) is 5.75 Å². The van der Waals surface area contributed by atoms with Gasteiger partial charge in [0.2, 0.25) is 5.13 Å². The van der Waals surface area contributed by atoms with Crippen LogP contribution in [0.25, 0.3) is 5.76 Å². The molecule has 1 aliphatic rings. The average molecular weight is 612 g/mol. The van der Waals surface area contributed by atoms with Crippen molar-refractivity contribution in [3.63, 3.8) is 0 Å². The number of para-hydroxylation sites is 1. The number of ether oxygens (including phenoxy) is 1. The number of unbranched alkanes of at least 4 members (excludes halogenated alkanes) is 1. The Labute approximate surface area is 188 Å². The van der Waals surface area contributed by atoms with Crippen molar-refractivity contribution in [1.82, 2.24) is 15.1 Å². The molecule has 2 amide bonds. The van der Waals surface area contributed by atoms with Crippen molar-refractivity contribution in [3.8, 4) is 5.75 Å². The van der Waals surface area contributed by atoms with Crippen LogP contribution in [0.2, 0.25) is 0 Å². The molecule has 2 aromatic rings. The van der Waals surface area contributed by atoms with Gasteiger partial charge in [0.15, 0.2) is 22.7 Å². The largest absolute Gasteiger partial charge is 0.452 e. The van der Waals surface area contributed by atoms with Gasteiger partial charge >= 0.3 is 6.03 Å². The van der Waals surface area contributed by atoms with Gasteiger partial charge in [-0.3, -0.25) is 0 Å². The van der Waals surface area contributed by atoms with E-state index in [1.54, 1.807) is 7.05 Å². The third-order valence-electron chi connectivity index (χ3n) is 3.85. The lowest BCUT2D eigenvalue weighted by Gasteiger charge is -2.14. The molecule has 1 aliphatic heterocycles. The molecule has 1 fully saturated rings. The number of hydrogen-bond acceptors (Lipinski definition) is 6. The van der Waals surface area contributed by atoms with Crippen molar-refractivity contribution in [2.24, 2.45) is 0 Å². The summed E-state index contributed by atoms with van der Waals surface area (Å²) in [6.07, 6.45) is 2.86. The molecule has 1 aromatic heterocycles. The highest BCUT2D eigenvalue weighted by molar-refractivity contribution is 14.1. The summed E-state index contributed by atoms with van der Waals surface area (Å²) < 4.78 is 8.19. The van der Waals surface area contributed by atoms with E-state index < -0.39 is 6.23 Å². The molecule has 27 heavy (non-hydrogen) atoms. The van der Waals surface area contributed by atoms with E-state index >= 15 is 0 Å². The van der Waals surface area contributed by atoms with Gasteiger partial charge < -0.3 is 14.7 Å². The minimum Gasteiger partial charge on any atom is -0.452 e. The molecule has 144 valence electrons. The molecule has 7 nitrogen and oxygen atoms in total. The summed E-state index contributed by atoms with van der Waals surface area (Å²) >= 11 is 5.71. The van der Waals surface area contributed by atoms with E-state index in [9.17, 15) is 9.90 Å². The number of aliphatic hydroxyl groups excluding tert-OH is 1. The second kappa shape index (κ2) is 9.01. The fraction of sp³-hybridized carbons (Fsp3) is 0.353. The molecule has 0 radical (unpaired) electrons. The van der Waals surface area contributed by atoms with E-state index in [4.69, 9.17) is 4.74 Å². The quantitative estimate of drug-likeness (QED) is 0.392. The minimum absolute atomic E-state index is 0.239. The highest BCUT2D eigenvalue weighted by Gasteiger charge is 2.37. The van der Waals surface area contributed by atoms with Crippen LogP contribution in [0.3, 0.4) is 0 Å². The first-order valence-electron chi connectivity index (χ1n) is 8.30. The monoisotopic (exact) mass is 612 g/mol. The third-order valence-corrected chi connectivity index (χ3v) is 6.48. The number of allylic oxidation sites excluding steroid dienone is 1. The van der Waals surface area contributed by atoms with Crippen LogP contribution in [-0.4, -0.2) is 46.1 Å². The van der Waals surface area contributed by atoms with Crippen LogP contribution < -0.4 is 9.64 Å². The second-order valence-electron chi connectivity index (χ2n) is 5.91. The zero-order valence-corrected chi connectivity index (χ0v) is 19.9. The number of hydrogen-bond donors (Lipinski definition) is 1. The standard InChI is InChI=1S/C17H18I2N4O3S/c1-3-4-8-12(26-14-10(18)6-5-7-11(14)19)15-20-21-16(27-15)23-13(24)9-22(2)17(23)25/h5-8,13,24H,3-4,9H2,1-2H3. The zero-order valence-electron chi connectivity index (χ0n) is 14.7.